The van der Waals surface area contributed by atoms with Gasteiger partial charge in [0, 0.05) is 18.1 Å². The lowest BCUT2D eigenvalue weighted by Gasteiger charge is -2.03. The van der Waals surface area contributed by atoms with E-state index in [4.69, 9.17) is 9.47 Å². The average Bonchev–Trinajstić information content (AvgIpc) is 2.97. The van der Waals surface area contributed by atoms with Gasteiger partial charge in [0.25, 0.3) is 5.91 Å². The largest absolute Gasteiger partial charge is 0.461 e. The van der Waals surface area contributed by atoms with Crippen molar-refractivity contribution >= 4 is 28.3 Å². The molecule has 0 aliphatic rings. The Morgan fingerprint density at radius 1 is 1.27 bits per heavy atom. The second-order valence-electron chi connectivity index (χ2n) is 4.34. The van der Waals surface area contributed by atoms with Crippen LogP contribution in [0.25, 0.3) is 0 Å². The summed E-state index contributed by atoms with van der Waals surface area (Å²) in [6.45, 7) is 2.50. The fourth-order valence-electron chi connectivity index (χ4n) is 1.72. The van der Waals surface area contributed by atoms with E-state index < -0.39 is 5.97 Å². The Hall–Kier alpha value is -2.25. The number of nitrogens with one attached hydrogen (secondary N) is 1. The van der Waals surface area contributed by atoms with Gasteiger partial charge >= 0.3 is 5.97 Å². The summed E-state index contributed by atoms with van der Waals surface area (Å²) < 4.78 is 9.86. The van der Waals surface area contributed by atoms with Crippen molar-refractivity contribution < 1.29 is 19.1 Å². The van der Waals surface area contributed by atoms with Crippen LogP contribution in [0.1, 0.15) is 33.3 Å². The highest BCUT2D eigenvalue weighted by Gasteiger charge is 2.14. The second-order valence-corrected chi connectivity index (χ2v) is 5.20. The zero-order chi connectivity index (χ0) is 15.9. The van der Waals surface area contributed by atoms with Crippen molar-refractivity contribution in [1.82, 2.24) is 4.98 Å². The number of ether oxygens (including phenoxy) is 2. The third-order valence-electron chi connectivity index (χ3n) is 2.74. The summed E-state index contributed by atoms with van der Waals surface area (Å²) in [4.78, 5) is 27.6. The minimum atomic E-state index is -0.497. The molecule has 0 spiro atoms. The average molecular weight is 320 g/mol. The van der Waals surface area contributed by atoms with E-state index in [1.54, 1.807) is 31.5 Å². The number of benzene rings is 1. The maximum atomic E-state index is 12.1. The Kier molecular flexibility index (Phi) is 5.62. The summed E-state index contributed by atoms with van der Waals surface area (Å²) in [6, 6.07) is 7.07. The molecule has 0 unspecified atom stereocenters. The van der Waals surface area contributed by atoms with E-state index in [1.807, 2.05) is 12.1 Å². The highest BCUT2D eigenvalue weighted by molar-refractivity contribution is 7.14. The van der Waals surface area contributed by atoms with Crippen molar-refractivity contribution in [3.05, 3.63) is 46.5 Å². The molecule has 0 aliphatic carbocycles. The second kappa shape index (κ2) is 7.67. The van der Waals surface area contributed by atoms with Crippen molar-refractivity contribution in [3.8, 4) is 0 Å². The van der Waals surface area contributed by atoms with Gasteiger partial charge in [-0.25, -0.2) is 9.78 Å². The van der Waals surface area contributed by atoms with Gasteiger partial charge in [-0.1, -0.05) is 12.1 Å². The summed E-state index contributed by atoms with van der Waals surface area (Å²) in [5.74, 6) is -0.781. The van der Waals surface area contributed by atoms with E-state index in [0.29, 0.717) is 17.3 Å². The Balaban J connectivity index is 2.01. The molecular formula is C15H16N2O4S. The lowest BCUT2D eigenvalue weighted by Crippen LogP contribution is -2.12. The number of aromatic nitrogens is 1. The SMILES string of the molecule is CCOC(=O)c1csc(NC(=O)c2ccc(COC)cc2)n1. The Bertz CT molecular complexity index is 652. The van der Waals surface area contributed by atoms with Gasteiger partial charge in [-0.05, 0) is 24.6 Å². The summed E-state index contributed by atoms with van der Waals surface area (Å²) >= 11 is 1.17. The predicted octanol–water partition coefficient (Wildman–Crippen LogP) is 2.72. The molecule has 116 valence electrons. The number of amides is 1. The molecule has 0 atom stereocenters. The van der Waals surface area contributed by atoms with Crippen LogP contribution in [0.3, 0.4) is 0 Å². The van der Waals surface area contributed by atoms with Crippen molar-refractivity contribution in [1.29, 1.82) is 0 Å². The predicted molar refractivity (Wildman–Crippen MR) is 83.2 cm³/mol. The fourth-order valence-corrected chi connectivity index (χ4v) is 2.39. The molecule has 22 heavy (non-hydrogen) atoms. The lowest BCUT2D eigenvalue weighted by atomic mass is 10.1. The first-order valence-corrected chi connectivity index (χ1v) is 7.54. The van der Waals surface area contributed by atoms with Crippen LogP contribution in [-0.2, 0) is 16.1 Å². The Morgan fingerprint density at radius 3 is 2.64 bits per heavy atom. The standard InChI is InChI=1S/C15H16N2O4S/c1-3-21-14(19)12-9-22-15(16-12)17-13(18)11-6-4-10(5-7-11)8-20-2/h4-7,9H,3,8H2,1-2H3,(H,16,17,18). The van der Waals surface area contributed by atoms with Crippen LogP contribution >= 0.6 is 11.3 Å². The topological polar surface area (TPSA) is 77.5 Å². The third kappa shape index (κ3) is 4.12. The highest BCUT2D eigenvalue weighted by atomic mass is 32.1. The van der Waals surface area contributed by atoms with Gasteiger partial charge in [0.1, 0.15) is 0 Å². The first-order valence-electron chi connectivity index (χ1n) is 6.66. The van der Waals surface area contributed by atoms with Gasteiger partial charge in [-0.2, -0.15) is 0 Å². The van der Waals surface area contributed by atoms with E-state index in [2.05, 4.69) is 10.3 Å². The van der Waals surface area contributed by atoms with Gasteiger partial charge in [0.2, 0.25) is 0 Å². The smallest absolute Gasteiger partial charge is 0.357 e. The monoisotopic (exact) mass is 320 g/mol. The number of nitrogens with zero attached hydrogens (tertiary/aromatic N) is 1. The number of hydrogen-bond donors (Lipinski definition) is 1. The van der Waals surface area contributed by atoms with Crippen molar-refractivity contribution in [2.45, 2.75) is 13.5 Å². The molecule has 6 nitrogen and oxygen atoms in total. The molecule has 0 bridgehead atoms. The quantitative estimate of drug-likeness (QED) is 0.828. The van der Waals surface area contributed by atoms with Crippen molar-refractivity contribution in [3.63, 3.8) is 0 Å². The first-order chi connectivity index (χ1) is 10.6. The number of carbonyl (C=O) groups is 2. The number of carbonyl (C=O) groups excluding carboxylic acids is 2. The van der Waals surface area contributed by atoms with Gasteiger partial charge in [-0.3, -0.25) is 10.1 Å². The van der Waals surface area contributed by atoms with E-state index in [0.717, 1.165) is 5.56 Å². The number of rotatable bonds is 6. The normalized spacial score (nSPS) is 10.3. The minimum absolute atomic E-state index is 0.192. The number of thiazole rings is 1. The number of anilines is 1. The summed E-state index contributed by atoms with van der Waals surface area (Å²) in [7, 11) is 1.62. The molecule has 1 N–H and O–H groups in total. The summed E-state index contributed by atoms with van der Waals surface area (Å²) in [6.07, 6.45) is 0. The summed E-state index contributed by atoms with van der Waals surface area (Å²) in [5.41, 5.74) is 1.68. The maximum absolute atomic E-state index is 12.1. The summed E-state index contributed by atoms with van der Waals surface area (Å²) in [5, 5.41) is 4.56. The number of esters is 1. The van der Waals surface area contributed by atoms with Gasteiger partial charge in [-0.15, -0.1) is 11.3 Å². The molecule has 2 aromatic rings. The van der Waals surface area contributed by atoms with E-state index >= 15 is 0 Å². The molecule has 1 heterocycles. The molecule has 1 amide bonds. The highest BCUT2D eigenvalue weighted by Crippen LogP contribution is 2.17. The van der Waals surface area contributed by atoms with Gasteiger partial charge < -0.3 is 9.47 Å². The molecule has 0 saturated carbocycles. The van der Waals surface area contributed by atoms with Crippen LogP contribution in [0.4, 0.5) is 5.13 Å². The zero-order valence-electron chi connectivity index (χ0n) is 12.3. The van der Waals surface area contributed by atoms with Gasteiger partial charge in [0.05, 0.1) is 13.2 Å². The van der Waals surface area contributed by atoms with Gasteiger partial charge in [0.15, 0.2) is 10.8 Å². The fraction of sp³-hybridized carbons (Fsp3) is 0.267. The molecule has 0 aliphatic heterocycles. The van der Waals surface area contributed by atoms with Crippen LogP contribution in [0.2, 0.25) is 0 Å². The number of hydrogen-bond acceptors (Lipinski definition) is 6. The van der Waals surface area contributed by atoms with E-state index in [-0.39, 0.29) is 18.2 Å². The van der Waals surface area contributed by atoms with Crippen LogP contribution in [0.15, 0.2) is 29.6 Å². The minimum Gasteiger partial charge on any atom is -0.461 e. The molecule has 1 aromatic carbocycles. The number of methoxy groups -OCH3 is 1. The maximum Gasteiger partial charge on any atom is 0.357 e. The Labute approximate surface area is 132 Å². The molecule has 0 radical (unpaired) electrons. The molecule has 0 saturated heterocycles. The van der Waals surface area contributed by atoms with Crippen molar-refractivity contribution in [2.75, 3.05) is 19.0 Å². The molecular weight excluding hydrogens is 304 g/mol. The Morgan fingerprint density at radius 2 is 2.00 bits per heavy atom. The lowest BCUT2D eigenvalue weighted by molar-refractivity contribution is 0.0520. The van der Waals surface area contributed by atoms with Crippen LogP contribution in [-0.4, -0.2) is 30.6 Å². The van der Waals surface area contributed by atoms with Crippen LogP contribution in [0.5, 0.6) is 0 Å². The van der Waals surface area contributed by atoms with Crippen LogP contribution < -0.4 is 5.32 Å². The molecule has 7 heteroatoms. The third-order valence-corrected chi connectivity index (χ3v) is 3.49. The van der Waals surface area contributed by atoms with E-state index in [1.165, 1.54) is 11.3 Å². The first kappa shape index (κ1) is 16.1. The molecule has 0 fully saturated rings. The van der Waals surface area contributed by atoms with Crippen molar-refractivity contribution in [2.24, 2.45) is 0 Å². The van der Waals surface area contributed by atoms with E-state index in [9.17, 15) is 9.59 Å². The molecule has 2 rings (SSSR count). The zero-order valence-corrected chi connectivity index (χ0v) is 13.1. The van der Waals surface area contributed by atoms with Crippen LogP contribution in [0, 0.1) is 0 Å². The molecule has 1 aromatic heterocycles.